The molecule has 1 nitrogen and oxygen atoms in total. The molecule has 1 saturated carbocycles. The molecular formula is C13H23NP2. The van der Waals surface area contributed by atoms with Crippen molar-refractivity contribution >= 4 is 15.9 Å². The van der Waals surface area contributed by atoms with Gasteiger partial charge in [-0.1, -0.05) is 51.4 Å². The zero-order valence-electron chi connectivity index (χ0n) is 10.1. The smallest absolute Gasteiger partial charge is 0.0394 e. The standard InChI is InChI=1S/C13H23NP2/c1-2-4-6-8-10-12(9-7-5-3-1)13-11-14-16-15-13/h11-12,16H,1-10H2. The molecule has 0 aliphatic heterocycles. The van der Waals surface area contributed by atoms with Gasteiger partial charge in [-0.15, -0.1) is 0 Å². The van der Waals surface area contributed by atoms with E-state index in [1.807, 2.05) is 0 Å². The van der Waals surface area contributed by atoms with Crippen LogP contribution in [0.25, 0.3) is 0 Å². The summed E-state index contributed by atoms with van der Waals surface area (Å²) in [5.74, 6) is 0.874. The van der Waals surface area contributed by atoms with Gasteiger partial charge in [0.15, 0.2) is 0 Å². The normalized spacial score (nSPS) is 22.5. The highest BCUT2D eigenvalue weighted by atomic mass is 31.8. The minimum atomic E-state index is 0.809. The number of hydrogen-bond acceptors (Lipinski definition) is 1. The van der Waals surface area contributed by atoms with Gasteiger partial charge < -0.3 is 0 Å². The fourth-order valence-corrected chi connectivity index (χ4v) is 5.14. The van der Waals surface area contributed by atoms with Crippen LogP contribution in [0.15, 0.2) is 6.20 Å². The molecule has 0 N–H and O–H groups in total. The van der Waals surface area contributed by atoms with Gasteiger partial charge in [0.2, 0.25) is 0 Å². The summed E-state index contributed by atoms with van der Waals surface area (Å²) in [4.78, 5) is 0. The predicted molar refractivity (Wildman–Crippen MR) is 75.2 cm³/mol. The molecule has 0 amide bonds. The second-order valence-electron chi connectivity index (χ2n) is 5.00. The van der Waals surface area contributed by atoms with Crippen molar-refractivity contribution in [2.45, 2.75) is 70.1 Å². The van der Waals surface area contributed by atoms with Crippen molar-refractivity contribution in [3.8, 4) is 0 Å². The molecule has 2 rings (SSSR count). The van der Waals surface area contributed by atoms with Gasteiger partial charge in [-0.2, -0.15) is 0 Å². The maximum atomic E-state index is 4.41. The van der Waals surface area contributed by atoms with Gasteiger partial charge in [0.1, 0.15) is 0 Å². The first-order valence-electron chi connectivity index (χ1n) is 6.82. The first-order chi connectivity index (χ1) is 7.97. The van der Waals surface area contributed by atoms with Gasteiger partial charge in [-0.25, -0.2) is 4.75 Å². The number of rotatable bonds is 1. The van der Waals surface area contributed by atoms with Crippen LogP contribution in [-0.4, -0.2) is 4.75 Å². The summed E-state index contributed by atoms with van der Waals surface area (Å²) in [6.45, 7) is 0. The Morgan fingerprint density at radius 2 is 1.50 bits per heavy atom. The Kier molecular flexibility index (Phi) is 5.87. The van der Waals surface area contributed by atoms with Crippen molar-refractivity contribution in [3.63, 3.8) is 0 Å². The first kappa shape index (κ1) is 12.6. The van der Waals surface area contributed by atoms with Gasteiger partial charge in [0, 0.05) is 11.5 Å². The molecule has 0 aromatic carbocycles. The average Bonchev–Trinajstić information content (AvgIpc) is 2.79. The Hall–Kier alpha value is 0.140. The summed E-state index contributed by atoms with van der Waals surface area (Å²) in [5, 5.41) is 1.65. The van der Waals surface area contributed by atoms with Crippen molar-refractivity contribution in [2.75, 3.05) is 0 Å². The van der Waals surface area contributed by atoms with E-state index in [2.05, 4.69) is 10.9 Å². The molecule has 0 radical (unpaired) electrons. The van der Waals surface area contributed by atoms with Crippen LogP contribution < -0.4 is 0 Å². The van der Waals surface area contributed by atoms with Crippen molar-refractivity contribution in [3.05, 3.63) is 11.5 Å². The predicted octanol–water partition coefficient (Wildman–Crippen LogP) is 5.69. The third-order valence-corrected chi connectivity index (χ3v) is 6.21. The van der Waals surface area contributed by atoms with Crippen LogP contribution in [0, 0.1) is 0 Å². The Labute approximate surface area is 103 Å². The lowest BCUT2D eigenvalue weighted by molar-refractivity contribution is 0.520. The largest absolute Gasteiger partial charge is 0.244 e. The van der Waals surface area contributed by atoms with E-state index in [-0.39, 0.29) is 0 Å². The second kappa shape index (κ2) is 7.46. The Bertz CT molecular complexity index is 259. The second-order valence-corrected chi connectivity index (χ2v) is 7.47. The van der Waals surface area contributed by atoms with Crippen LogP contribution in [0.4, 0.5) is 0 Å². The zero-order valence-corrected chi connectivity index (χ0v) is 12.0. The highest BCUT2D eigenvalue weighted by Gasteiger charge is 2.13. The van der Waals surface area contributed by atoms with E-state index < -0.39 is 0 Å². The van der Waals surface area contributed by atoms with Crippen LogP contribution >= 0.6 is 15.9 Å². The van der Waals surface area contributed by atoms with Crippen LogP contribution in [0.5, 0.6) is 0 Å². The molecule has 90 valence electrons. The van der Waals surface area contributed by atoms with Gasteiger partial charge in [-0.05, 0) is 34.7 Å². The van der Waals surface area contributed by atoms with E-state index >= 15 is 0 Å². The van der Waals surface area contributed by atoms with Gasteiger partial charge in [0.25, 0.3) is 0 Å². The molecule has 1 heterocycles. The molecule has 1 aliphatic carbocycles. The van der Waals surface area contributed by atoms with E-state index in [1.54, 1.807) is 5.30 Å². The van der Waals surface area contributed by atoms with Crippen molar-refractivity contribution in [1.82, 2.24) is 4.75 Å². The van der Waals surface area contributed by atoms with Crippen LogP contribution in [0.1, 0.15) is 75.4 Å². The monoisotopic (exact) mass is 255 g/mol. The third kappa shape index (κ3) is 4.19. The maximum absolute atomic E-state index is 4.41. The molecular weight excluding hydrogens is 232 g/mol. The molecule has 0 saturated heterocycles. The Morgan fingerprint density at radius 3 is 2.00 bits per heavy atom. The quantitative estimate of drug-likeness (QED) is 0.628. The number of nitrogens with zero attached hydrogens (tertiary/aromatic N) is 1. The van der Waals surface area contributed by atoms with Gasteiger partial charge in [0.05, 0.1) is 0 Å². The Balaban J connectivity index is 1.88. The Morgan fingerprint density at radius 1 is 0.938 bits per heavy atom. The summed E-state index contributed by atoms with van der Waals surface area (Å²) in [7, 11) is 2.33. The van der Waals surface area contributed by atoms with Gasteiger partial charge >= 0.3 is 0 Å². The minimum absolute atomic E-state index is 0.809. The molecule has 0 spiro atoms. The highest BCUT2D eigenvalue weighted by molar-refractivity contribution is 7.89. The van der Waals surface area contributed by atoms with Crippen molar-refractivity contribution in [1.29, 1.82) is 0 Å². The minimum Gasteiger partial charge on any atom is -0.244 e. The molecule has 1 aromatic heterocycles. The number of aromatic nitrogens is 1. The van der Waals surface area contributed by atoms with Crippen molar-refractivity contribution < 1.29 is 0 Å². The summed E-state index contributed by atoms with van der Waals surface area (Å²) in [5.41, 5.74) is 0. The van der Waals surface area contributed by atoms with Crippen LogP contribution in [-0.2, 0) is 0 Å². The van der Waals surface area contributed by atoms with E-state index in [0.29, 0.717) is 0 Å². The highest BCUT2D eigenvalue weighted by Crippen LogP contribution is 2.37. The number of hydrogen-bond donors (Lipinski definition) is 0. The van der Waals surface area contributed by atoms with Crippen LogP contribution in [0.2, 0.25) is 0 Å². The molecule has 1 atom stereocenters. The third-order valence-electron chi connectivity index (χ3n) is 3.71. The summed E-state index contributed by atoms with van der Waals surface area (Å²) in [6, 6.07) is 0. The molecule has 0 bridgehead atoms. The van der Waals surface area contributed by atoms with E-state index in [0.717, 1.165) is 13.9 Å². The molecule has 1 unspecified atom stereocenters. The van der Waals surface area contributed by atoms with Gasteiger partial charge in [-0.3, -0.25) is 0 Å². The molecule has 1 aromatic rings. The zero-order chi connectivity index (χ0) is 11.1. The topological polar surface area (TPSA) is 12.9 Å². The van der Waals surface area contributed by atoms with Crippen molar-refractivity contribution in [2.24, 2.45) is 0 Å². The lowest BCUT2D eigenvalue weighted by Gasteiger charge is -2.14. The van der Waals surface area contributed by atoms with E-state index in [1.165, 1.54) is 72.1 Å². The SMILES string of the molecule is c1n[pH]pc1C1CCCCCCCCCC1. The summed E-state index contributed by atoms with van der Waals surface area (Å²) in [6.07, 6.45) is 16.7. The fourth-order valence-electron chi connectivity index (χ4n) is 2.69. The molecule has 16 heavy (non-hydrogen) atoms. The van der Waals surface area contributed by atoms with E-state index in [9.17, 15) is 0 Å². The summed E-state index contributed by atoms with van der Waals surface area (Å²) < 4.78 is 4.41. The maximum Gasteiger partial charge on any atom is 0.0394 e. The molecule has 1 aliphatic rings. The lowest BCUT2D eigenvalue weighted by Crippen LogP contribution is -1.96. The average molecular weight is 255 g/mol. The lowest BCUT2D eigenvalue weighted by atomic mass is 9.94. The first-order valence-corrected chi connectivity index (χ1v) is 9.51. The molecule has 3 heteroatoms. The fraction of sp³-hybridized carbons (Fsp3) is 0.846. The van der Waals surface area contributed by atoms with Crippen LogP contribution in [0.3, 0.4) is 0 Å². The summed E-state index contributed by atoms with van der Waals surface area (Å²) >= 11 is 0. The van der Waals surface area contributed by atoms with E-state index in [4.69, 9.17) is 0 Å². The molecule has 1 fully saturated rings.